The molecule has 0 amide bonds. The highest BCUT2D eigenvalue weighted by atomic mass is 16.1. The van der Waals surface area contributed by atoms with Crippen molar-refractivity contribution in [3.8, 4) is 0 Å². The number of rotatable bonds is 1. The quantitative estimate of drug-likeness (QED) is 0.781. The minimum absolute atomic E-state index is 0.173. The van der Waals surface area contributed by atoms with Gasteiger partial charge in [-0.1, -0.05) is 18.9 Å². The molecule has 1 aliphatic rings. The second kappa shape index (κ2) is 3.67. The summed E-state index contributed by atoms with van der Waals surface area (Å²) in [6.45, 7) is 0. The van der Waals surface area contributed by atoms with Crippen LogP contribution in [-0.4, -0.2) is 9.97 Å². The van der Waals surface area contributed by atoms with E-state index in [1.54, 1.807) is 0 Å². The molecule has 2 aromatic rings. The van der Waals surface area contributed by atoms with Crippen LogP contribution in [0.15, 0.2) is 29.2 Å². The van der Waals surface area contributed by atoms with E-state index in [2.05, 4.69) is 9.97 Å². The zero-order chi connectivity index (χ0) is 11.9. The predicted octanol–water partition coefficient (Wildman–Crippen LogP) is 1.65. The molecule has 1 saturated carbocycles. The number of fused-ring (bicyclic) bond motifs is 1. The first-order valence-corrected chi connectivity index (χ1v) is 5.96. The summed E-state index contributed by atoms with van der Waals surface area (Å²) in [5.74, 6) is 0. The van der Waals surface area contributed by atoms with Gasteiger partial charge in [-0.05, 0) is 30.5 Å². The van der Waals surface area contributed by atoms with Crippen molar-refractivity contribution >= 4 is 11.0 Å². The number of aromatic amines is 1. The highest BCUT2D eigenvalue weighted by molar-refractivity contribution is 5.74. The smallest absolute Gasteiger partial charge is 0.266 e. The van der Waals surface area contributed by atoms with Gasteiger partial charge in [0, 0.05) is 5.54 Å². The second-order valence-corrected chi connectivity index (χ2v) is 4.84. The second-order valence-electron chi connectivity index (χ2n) is 4.84. The first-order chi connectivity index (χ1) is 8.17. The Labute approximate surface area is 98.9 Å². The van der Waals surface area contributed by atoms with Gasteiger partial charge in [0.15, 0.2) is 0 Å². The Hall–Kier alpha value is -1.68. The lowest BCUT2D eigenvalue weighted by atomic mass is 9.89. The number of hydrogen-bond acceptors (Lipinski definition) is 3. The van der Waals surface area contributed by atoms with Gasteiger partial charge in [0.25, 0.3) is 5.56 Å². The van der Waals surface area contributed by atoms with Gasteiger partial charge in [0.1, 0.15) is 0 Å². The number of H-pyrrole nitrogens is 1. The van der Waals surface area contributed by atoms with Gasteiger partial charge in [-0.3, -0.25) is 4.79 Å². The van der Waals surface area contributed by atoms with Crippen molar-refractivity contribution in [2.24, 2.45) is 5.73 Å². The van der Waals surface area contributed by atoms with Crippen molar-refractivity contribution in [2.75, 3.05) is 0 Å². The number of aromatic nitrogens is 2. The summed E-state index contributed by atoms with van der Waals surface area (Å²) in [6.07, 6.45) is 5.74. The molecule has 4 nitrogen and oxygen atoms in total. The van der Waals surface area contributed by atoms with E-state index in [1.165, 1.54) is 19.0 Å². The van der Waals surface area contributed by atoms with Crippen molar-refractivity contribution in [1.82, 2.24) is 9.97 Å². The Kier molecular flexibility index (Phi) is 2.26. The fourth-order valence-corrected chi connectivity index (χ4v) is 2.64. The Balaban J connectivity index is 2.13. The van der Waals surface area contributed by atoms with Crippen LogP contribution in [0, 0.1) is 0 Å². The standard InChI is InChI=1S/C13H15N3O/c14-13(5-1-2-6-13)9-3-4-10-11(7-9)15-8-12(17)16-10/h3-4,7-8H,1-2,5-6,14H2,(H,16,17). The van der Waals surface area contributed by atoms with Crippen LogP contribution in [-0.2, 0) is 5.54 Å². The zero-order valence-electron chi connectivity index (χ0n) is 9.57. The minimum Gasteiger partial charge on any atom is -0.321 e. The molecule has 4 heteroatoms. The highest BCUT2D eigenvalue weighted by Crippen LogP contribution is 2.36. The van der Waals surface area contributed by atoms with E-state index in [1.807, 2.05) is 18.2 Å². The maximum Gasteiger partial charge on any atom is 0.266 e. The molecule has 0 bridgehead atoms. The Bertz CT molecular complexity index is 611. The van der Waals surface area contributed by atoms with Gasteiger partial charge in [0.05, 0.1) is 17.2 Å². The summed E-state index contributed by atoms with van der Waals surface area (Å²) >= 11 is 0. The number of nitrogens with two attached hydrogens (primary N) is 1. The summed E-state index contributed by atoms with van der Waals surface area (Å²) in [5, 5.41) is 0. The van der Waals surface area contributed by atoms with Gasteiger partial charge < -0.3 is 10.7 Å². The zero-order valence-corrected chi connectivity index (χ0v) is 9.57. The van der Waals surface area contributed by atoms with Gasteiger partial charge in [-0.15, -0.1) is 0 Å². The van der Waals surface area contributed by atoms with Crippen molar-refractivity contribution in [3.05, 3.63) is 40.3 Å². The molecule has 1 aromatic heterocycles. The van der Waals surface area contributed by atoms with Gasteiger partial charge in [-0.25, -0.2) is 4.98 Å². The lowest BCUT2D eigenvalue weighted by Crippen LogP contribution is -2.33. The first-order valence-electron chi connectivity index (χ1n) is 5.96. The first kappa shape index (κ1) is 10.5. The molecule has 3 N–H and O–H groups in total. The lowest BCUT2D eigenvalue weighted by molar-refractivity contribution is 0.462. The average molecular weight is 229 g/mol. The molecule has 1 aliphatic carbocycles. The third kappa shape index (κ3) is 1.74. The third-order valence-corrected chi connectivity index (χ3v) is 3.65. The molecule has 88 valence electrons. The number of nitrogens with one attached hydrogen (secondary N) is 1. The summed E-state index contributed by atoms with van der Waals surface area (Å²) in [7, 11) is 0. The fourth-order valence-electron chi connectivity index (χ4n) is 2.64. The van der Waals surface area contributed by atoms with E-state index in [4.69, 9.17) is 5.73 Å². The van der Waals surface area contributed by atoms with E-state index in [0.29, 0.717) is 0 Å². The van der Waals surface area contributed by atoms with Crippen molar-refractivity contribution in [1.29, 1.82) is 0 Å². The monoisotopic (exact) mass is 229 g/mol. The van der Waals surface area contributed by atoms with Gasteiger partial charge >= 0.3 is 0 Å². The lowest BCUT2D eigenvalue weighted by Gasteiger charge is -2.24. The number of benzene rings is 1. The van der Waals surface area contributed by atoms with E-state index in [0.717, 1.165) is 29.4 Å². The molecular weight excluding hydrogens is 214 g/mol. The van der Waals surface area contributed by atoms with Crippen LogP contribution in [0.3, 0.4) is 0 Å². The molecule has 0 spiro atoms. The topological polar surface area (TPSA) is 71.8 Å². The largest absolute Gasteiger partial charge is 0.321 e. The molecule has 1 fully saturated rings. The van der Waals surface area contributed by atoms with Crippen LogP contribution in [0.4, 0.5) is 0 Å². The number of hydrogen-bond donors (Lipinski definition) is 2. The predicted molar refractivity (Wildman–Crippen MR) is 66.7 cm³/mol. The molecule has 1 aromatic carbocycles. The maximum atomic E-state index is 11.1. The van der Waals surface area contributed by atoms with Crippen LogP contribution in [0.5, 0.6) is 0 Å². The van der Waals surface area contributed by atoms with Crippen molar-refractivity contribution in [3.63, 3.8) is 0 Å². The summed E-state index contributed by atoms with van der Waals surface area (Å²) in [5.41, 5.74) is 8.72. The molecule has 17 heavy (non-hydrogen) atoms. The van der Waals surface area contributed by atoms with Crippen LogP contribution in [0.2, 0.25) is 0 Å². The molecule has 0 radical (unpaired) electrons. The summed E-state index contributed by atoms with van der Waals surface area (Å²) in [4.78, 5) is 18.1. The molecule has 3 rings (SSSR count). The van der Waals surface area contributed by atoms with Crippen LogP contribution in [0.25, 0.3) is 11.0 Å². The third-order valence-electron chi connectivity index (χ3n) is 3.65. The number of nitrogens with zero attached hydrogens (tertiary/aromatic N) is 1. The molecule has 0 saturated heterocycles. The van der Waals surface area contributed by atoms with Gasteiger partial charge in [0.2, 0.25) is 0 Å². The summed E-state index contributed by atoms with van der Waals surface area (Å²) in [6, 6.07) is 5.90. The molecular formula is C13H15N3O. The minimum atomic E-state index is -0.202. The van der Waals surface area contributed by atoms with Crippen molar-refractivity contribution < 1.29 is 0 Å². The summed E-state index contributed by atoms with van der Waals surface area (Å²) < 4.78 is 0. The average Bonchev–Trinajstić information content (AvgIpc) is 2.77. The van der Waals surface area contributed by atoms with E-state index < -0.39 is 0 Å². The van der Waals surface area contributed by atoms with Crippen LogP contribution < -0.4 is 11.3 Å². The SMILES string of the molecule is NC1(c2ccc3[nH]c(=O)cnc3c2)CCCC1. The highest BCUT2D eigenvalue weighted by Gasteiger charge is 2.31. The van der Waals surface area contributed by atoms with Crippen molar-refractivity contribution in [2.45, 2.75) is 31.2 Å². The van der Waals surface area contributed by atoms with E-state index in [9.17, 15) is 4.79 Å². The van der Waals surface area contributed by atoms with Crippen LogP contribution >= 0.6 is 0 Å². The molecule has 0 aliphatic heterocycles. The van der Waals surface area contributed by atoms with Gasteiger partial charge in [-0.2, -0.15) is 0 Å². The maximum absolute atomic E-state index is 11.1. The van der Waals surface area contributed by atoms with Crippen LogP contribution in [0.1, 0.15) is 31.2 Å². The fraction of sp³-hybridized carbons (Fsp3) is 0.385. The Morgan fingerprint density at radius 3 is 2.82 bits per heavy atom. The Morgan fingerprint density at radius 2 is 2.06 bits per heavy atom. The molecule has 0 atom stereocenters. The molecule has 0 unspecified atom stereocenters. The van der Waals surface area contributed by atoms with E-state index >= 15 is 0 Å². The Morgan fingerprint density at radius 1 is 1.29 bits per heavy atom. The normalized spacial score (nSPS) is 18.6. The van der Waals surface area contributed by atoms with E-state index in [-0.39, 0.29) is 11.1 Å². The molecule has 1 heterocycles.